The lowest BCUT2D eigenvalue weighted by Crippen LogP contribution is -2.37. The molecule has 152 valence electrons. The average molecular weight is 395 g/mol. The fraction of sp³-hybridized carbons (Fsp3) is 0.500. The van der Waals surface area contributed by atoms with E-state index in [1.807, 2.05) is 6.92 Å². The van der Waals surface area contributed by atoms with Gasteiger partial charge in [-0.1, -0.05) is 25.1 Å². The van der Waals surface area contributed by atoms with Gasteiger partial charge in [-0.2, -0.15) is 13.2 Å². The van der Waals surface area contributed by atoms with Crippen LogP contribution in [0.4, 0.5) is 13.2 Å². The minimum atomic E-state index is -4.42. The van der Waals surface area contributed by atoms with Gasteiger partial charge in [0.25, 0.3) is 5.91 Å². The van der Waals surface area contributed by atoms with Crippen molar-refractivity contribution in [2.75, 3.05) is 13.1 Å². The molecule has 0 saturated carbocycles. The molecule has 2 N–H and O–H groups in total. The number of piperidine rings is 1. The number of alkyl halides is 3. The minimum absolute atomic E-state index is 0.0723. The van der Waals surface area contributed by atoms with Gasteiger partial charge in [-0.3, -0.25) is 4.79 Å². The van der Waals surface area contributed by atoms with Gasteiger partial charge in [0.05, 0.1) is 5.56 Å². The Bertz CT molecular complexity index is 798. The van der Waals surface area contributed by atoms with E-state index in [4.69, 9.17) is 4.42 Å². The summed E-state index contributed by atoms with van der Waals surface area (Å²) in [5.41, 5.74) is -0.284. The van der Waals surface area contributed by atoms with E-state index in [0.29, 0.717) is 18.7 Å². The number of hydrogen-bond acceptors (Lipinski definition) is 4. The number of amides is 1. The van der Waals surface area contributed by atoms with E-state index in [1.54, 1.807) is 6.07 Å². The van der Waals surface area contributed by atoms with Crippen molar-refractivity contribution >= 4 is 5.91 Å². The maximum atomic E-state index is 13.2. The van der Waals surface area contributed by atoms with Gasteiger partial charge >= 0.3 is 6.18 Å². The molecule has 0 spiro atoms. The maximum Gasteiger partial charge on any atom is 0.416 e. The van der Waals surface area contributed by atoms with E-state index in [2.05, 4.69) is 15.6 Å². The SMILES string of the molecule is CCC(Cc1ccccc1C(F)(F)F)NC(=O)c1ncoc1C1CCCNC1. The molecule has 2 atom stereocenters. The number of oxazole rings is 1. The highest BCUT2D eigenvalue weighted by Crippen LogP contribution is 2.32. The number of rotatable bonds is 6. The molecular weight excluding hydrogens is 371 g/mol. The molecule has 1 aliphatic rings. The van der Waals surface area contributed by atoms with Crippen molar-refractivity contribution in [2.45, 2.75) is 50.7 Å². The summed E-state index contributed by atoms with van der Waals surface area (Å²) in [6, 6.07) is 5.02. The van der Waals surface area contributed by atoms with Crippen LogP contribution in [0.15, 0.2) is 35.1 Å². The van der Waals surface area contributed by atoms with Crippen LogP contribution in [-0.2, 0) is 12.6 Å². The van der Waals surface area contributed by atoms with Gasteiger partial charge in [-0.15, -0.1) is 0 Å². The summed E-state index contributed by atoms with van der Waals surface area (Å²) < 4.78 is 45.2. The molecule has 1 fully saturated rings. The second kappa shape index (κ2) is 8.77. The first-order valence-corrected chi connectivity index (χ1v) is 9.50. The number of carbonyl (C=O) groups excluding carboxylic acids is 1. The molecule has 1 amide bonds. The molecule has 2 heterocycles. The lowest BCUT2D eigenvalue weighted by atomic mass is 9.95. The standard InChI is InChI=1S/C20H24F3N3O2/c1-2-15(10-13-6-3-4-8-16(13)20(21,22)23)26-19(27)17-18(28-12-25-17)14-7-5-9-24-11-14/h3-4,6,8,12,14-15,24H,2,5,7,9-11H2,1H3,(H,26,27). The Morgan fingerprint density at radius 2 is 2.18 bits per heavy atom. The van der Waals surface area contributed by atoms with Gasteiger partial charge < -0.3 is 15.1 Å². The lowest BCUT2D eigenvalue weighted by molar-refractivity contribution is -0.138. The van der Waals surface area contributed by atoms with Crippen LogP contribution >= 0.6 is 0 Å². The molecule has 28 heavy (non-hydrogen) atoms. The minimum Gasteiger partial charge on any atom is -0.447 e. The Kier molecular flexibility index (Phi) is 6.39. The predicted molar refractivity (Wildman–Crippen MR) is 98.0 cm³/mol. The third-order valence-electron chi connectivity index (χ3n) is 5.09. The summed E-state index contributed by atoms with van der Waals surface area (Å²) in [5, 5.41) is 6.09. The Morgan fingerprint density at radius 1 is 1.39 bits per heavy atom. The third kappa shape index (κ3) is 4.73. The molecule has 0 bridgehead atoms. The van der Waals surface area contributed by atoms with Crippen molar-refractivity contribution in [3.63, 3.8) is 0 Å². The molecule has 1 aliphatic heterocycles. The van der Waals surface area contributed by atoms with Crippen molar-refractivity contribution in [1.29, 1.82) is 0 Å². The van der Waals surface area contributed by atoms with E-state index in [0.717, 1.165) is 25.5 Å². The molecule has 8 heteroatoms. The summed E-state index contributed by atoms with van der Waals surface area (Å²) in [6.45, 7) is 3.48. The molecule has 3 rings (SSSR count). The fourth-order valence-electron chi connectivity index (χ4n) is 3.58. The van der Waals surface area contributed by atoms with Crippen LogP contribution in [0, 0.1) is 0 Å². The normalized spacial score (nSPS) is 18.6. The lowest BCUT2D eigenvalue weighted by Gasteiger charge is -2.22. The van der Waals surface area contributed by atoms with Crippen LogP contribution in [0.25, 0.3) is 0 Å². The largest absolute Gasteiger partial charge is 0.447 e. The van der Waals surface area contributed by atoms with Crippen molar-refractivity contribution < 1.29 is 22.4 Å². The first kappa shape index (κ1) is 20.4. The first-order chi connectivity index (χ1) is 13.4. The van der Waals surface area contributed by atoms with Crippen LogP contribution in [0.2, 0.25) is 0 Å². The maximum absolute atomic E-state index is 13.2. The van der Waals surface area contributed by atoms with Gasteiger partial charge in [0.15, 0.2) is 12.1 Å². The summed E-state index contributed by atoms with van der Waals surface area (Å²) in [5.74, 6) is 0.198. The van der Waals surface area contributed by atoms with E-state index < -0.39 is 23.7 Å². The zero-order valence-electron chi connectivity index (χ0n) is 15.7. The Morgan fingerprint density at radius 3 is 2.86 bits per heavy atom. The molecule has 2 unspecified atom stereocenters. The highest BCUT2D eigenvalue weighted by atomic mass is 19.4. The number of benzene rings is 1. The second-order valence-electron chi connectivity index (χ2n) is 7.05. The molecule has 2 aromatic rings. The monoisotopic (exact) mass is 395 g/mol. The molecule has 1 aromatic carbocycles. The van der Waals surface area contributed by atoms with Gasteiger partial charge in [-0.25, -0.2) is 4.98 Å². The highest BCUT2D eigenvalue weighted by molar-refractivity contribution is 5.93. The van der Waals surface area contributed by atoms with Crippen molar-refractivity contribution in [1.82, 2.24) is 15.6 Å². The smallest absolute Gasteiger partial charge is 0.416 e. The van der Waals surface area contributed by atoms with Crippen LogP contribution < -0.4 is 10.6 Å². The molecule has 1 saturated heterocycles. The summed E-state index contributed by atoms with van der Waals surface area (Å²) in [4.78, 5) is 16.8. The van der Waals surface area contributed by atoms with Crippen LogP contribution in [-0.4, -0.2) is 30.0 Å². The van der Waals surface area contributed by atoms with E-state index in [-0.39, 0.29) is 23.6 Å². The number of aromatic nitrogens is 1. The van der Waals surface area contributed by atoms with Gasteiger partial charge in [0, 0.05) is 18.5 Å². The number of halogens is 3. The second-order valence-corrected chi connectivity index (χ2v) is 7.05. The van der Waals surface area contributed by atoms with Gasteiger partial charge in [0.2, 0.25) is 0 Å². The molecule has 0 radical (unpaired) electrons. The van der Waals surface area contributed by atoms with Crippen LogP contribution in [0.5, 0.6) is 0 Å². The highest BCUT2D eigenvalue weighted by Gasteiger charge is 2.33. The fourth-order valence-corrected chi connectivity index (χ4v) is 3.58. The zero-order chi connectivity index (χ0) is 20.1. The Balaban J connectivity index is 1.73. The van der Waals surface area contributed by atoms with Gasteiger partial charge in [-0.05, 0) is 43.9 Å². The number of nitrogens with zero attached hydrogens (tertiary/aromatic N) is 1. The molecule has 1 aromatic heterocycles. The van der Waals surface area contributed by atoms with Crippen molar-refractivity contribution in [2.24, 2.45) is 0 Å². The number of carbonyl (C=O) groups is 1. The third-order valence-corrected chi connectivity index (χ3v) is 5.09. The topological polar surface area (TPSA) is 67.2 Å². The van der Waals surface area contributed by atoms with Crippen molar-refractivity contribution in [3.8, 4) is 0 Å². The zero-order valence-corrected chi connectivity index (χ0v) is 15.7. The van der Waals surface area contributed by atoms with E-state index in [9.17, 15) is 18.0 Å². The van der Waals surface area contributed by atoms with Gasteiger partial charge in [0.1, 0.15) is 5.76 Å². The summed E-state index contributed by atoms with van der Waals surface area (Å²) in [7, 11) is 0. The molecule has 0 aliphatic carbocycles. The number of nitrogens with one attached hydrogen (secondary N) is 2. The predicted octanol–water partition coefficient (Wildman–Crippen LogP) is 3.91. The Hall–Kier alpha value is -2.35. The average Bonchev–Trinajstić information content (AvgIpc) is 3.17. The summed E-state index contributed by atoms with van der Waals surface area (Å²) in [6.07, 6.45) is -0.700. The van der Waals surface area contributed by atoms with E-state index in [1.165, 1.54) is 18.5 Å². The first-order valence-electron chi connectivity index (χ1n) is 9.50. The Labute approximate surface area is 161 Å². The number of hydrogen-bond donors (Lipinski definition) is 2. The quantitative estimate of drug-likeness (QED) is 0.778. The van der Waals surface area contributed by atoms with Crippen LogP contribution in [0.1, 0.15) is 59.5 Å². The van der Waals surface area contributed by atoms with Crippen molar-refractivity contribution in [3.05, 3.63) is 53.2 Å². The van der Waals surface area contributed by atoms with E-state index >= 15 is 0 Å². The molecular formula is C20H24F3N3O2. The molecule has 5 nitrogen and oxygen atoms in total. The van der Waals surface area contributed by atoms with Crippen LogP contribution in [0.3, 0.4) is 0 Å². The summed E-state index contributed by atoms with van der Waals surface area (Å²) >= 11 is 0.